The topological polar surface area (TPSA) is 50.7 Å². The van der Waals surface area contributed by atoms with Gasteiger partial charge in [-0.25, -0.2) is 0 Å². The molecule has 4 nitrogen and oxygen atoms in total. The van der Waals surface area contributed by atoms with Gasteiger partial charge in [0.1, 0.15) is 6.54 Å². The number of thiophene rings is 1. The van der Waals surface area contributed by atoms with Crippen LogP contribution in [0.1, 0.15) is 11.8 Å². The number of rotatable bonds is 5. The molecular weight excluding hydrogens is 269 g/mol. The summed E-state index contributed by atoms with van der Waals surface area (Å²) in [4.78, 5) is 16.7. The van der Waals surface area contributed by atoms with Gasteiger partial charge < -0.3 is 10.2 Å². The normalized spacial score (nSPS) is 13.6. The molecule has 1 rings (SSSR count). The van der Waals surface area contributed by atoms with Crippen LogP contribution in [0.25, 0.3) is 0 Å². The van der Waals surface area contributed by atoms with Crippen molar-refractivity contribution in [3.8, 4) is 0 Å². The molecule has 0 aliphatic carbocycles. The third-order valence-electron chi connectivity index (χ3n) is 1.77. The Morgan fingerprint density at radius 3 is 2.94 bits per heavy atom. The van der Waals surface area contributed by atoms with Crippen molar-refractivity contribution in [1.82, 2.24) is 5.32 Å². The van der Waals surface area contributed by atoms with Crippen LogP contribution in [-0.2, 0) is 9.63 Å². The molecule has 1 atom stereocenters. The lowest BCUT2D eigenvalue weighted by Crippen LogP contribution is -2.39. The summed E-state index contributed by atoms with van der Waals surface area (Å²) in [5.41, 5.74) is 0. The van der Waals surface area contributed by atoms with Crippen molar-refractivity contribution >= 4 is 23.5 Å². The Morgan fingerprint density at radius 2 is 2.39 bits per heavy atom. The van der Waals surface area contributed by atoms with Crippen molar-refractivity contribution < 1.29 is 22.8 Å². The number of hydrogen-bond donors (Lipinski definition) is 1. The lowest BCUT2D eigenvalue weighted by molar-refractivity contribution is -0.144. The van der Waals surface area contributed by atoms with Crippen molar-refractivity contribution in [1.29, 1.82) is 0 Å². The van der Waals surface area contributed by atoms with E-state index >= 15 is 0 Å². The first kappa shape index (κ1) is 14.5. The molecule has 1 unspecified atom stereocenters. The first-order chi connectivity index (χ1) is 8.38. The molecule has 1 heterocycles. The first-order valence-corrected chi connectivity index (χ1v) is 5.83. The van der Waals surface area contributed by atoms with Gasteiger partial charge in [0.2, 0.25) is 6.10 Å². The SMILES string of the molecule is CC(O/N=C/c1cccs1)C(=O)NCC(F)(F)F. The summed E-state index contributed by atoms with van der Waals surface area (Å²) < 4.78 is 35.5. The summed E-state index contributed by atoms with van der Waals surface area (Å²) in [6, 6.07) is 3.59. The standard InChI is InChI=1S/C10H11F3N2O2S/c1-7(9(16)14-6-10(11,12)13)17-15-5-8-3-2-4-18-8/h2-5,7H,6H2,1H3,(H,14,16)/b15-5+. The minimum atomic E-state index is -4.43. The number of carbonyl (C=O) groups is 1. The number of hydrogen-bond acceptors (Lipinski definition) is 4. The van der Waals surface area contributed by atoms with Crippen LogP contribution < -0.4 is 5.32 Å². The van der Waals surface area contributed by atoms with E-state index in [-0.39, 0.29) is 0 Å². The number of alkyl halides is 3. The Labute approximate surface area is 105 Å². The molecule has 0 radical (unpaired) electrons. The predicted molar refractivity (Wildman–Crippen MR) is 61.5 cm³/mol. The predicted octanol–water partition coefficient (Wildman–Crippen LogP) is 2.17. The van der Waals surface area contributed by atoms with E-state index in [2.05, 4.69) is 5.16 Å². The fourth-order valence-electron chi connectivity index (χ4n) is 0.917. The number of amides is 1. The third kappa shape index (κ3) is 5.67. The van der Waals surface area contributed by atoms with E-state index in [9.17, 15) is 18.0 Å². The highest BCUT2D eigenvalue weighted by Crippen LogP contribution is 2.12. The van der Waals surface area contributed by atoms with Gasteiger partial charge in [-0.2, -0.15) is 13.2 Å². The largest absolute Gasteiger partial charge is 0.405 e. The molecule has 1 aromatic rings. The van der Waals surface area contributed by atoms with Gasteiger partial charge in [0, 0.05) is 4.88 Å². The number of carbonyl (C=O) groups excluding carboxylic acids is 1. The summed E-state index contributed by atoms with van der Waals surface area (Å²) in [7, 11) is 0. The highest BCUT2D eigenvalue weighted by molar-refractivity contribution is 7.11. The van der Waals surface area contributed by atoms with Crippen molar-refractivity contribution in [2.75, 3.05) is 6.54 Å². The van der Waals surface area contributed by atoms with Crippen LogP contribution in [0.3, 0.4) is 0 Å². The highest BCUT2D eigenvalue weighted by atomic mass is 32.1. The summed E-state index contributed by atoms with van der Waals surface area (Å²) >= 11 is 1.42. The molecule has 0 bridgehead atoms. The molecule has 0 aromatic carbocycles. The molecule has 1 N–H and O–H groups in total. The zero-order valence-electron chi connectivity index (χ0n) is 9.40. The van der Waals surface area contributed by atoms with Gasteiger partial charge >= 0.3 is 6.18 Å². The van der Waals surface area contributed by atoms with Crippen molar-refractivity contribution in [3.63, 3.8) is 0 Å². The average molecular weight is 280 g/mol. The summed E-state index contributed by atoms with van der Waals surface area (Å²) in [5, 5.41) is 7.06. The Hall–Kier alpha value is -1.57. The molecule has 0 aliphatic rings. The average Bonchev–Trinajstić information content (AvgIpc) is 2.77. The quantitative estimate of drug-likeness (QED) is 0.664. The van der Waals surface area contributed by atoms with E-state index in [0.717, 1.165) is 4.88 Å². The van der Waals surface area contributed by atoms with E-state index in [1.54, 1.807) is 11.4 Å². The maximum Gasteiger partial charge on any atom is 0.405 e. The second kappa shape index (κ2) is 6.39. The van der Waals surface area contributed by atoms with Crippen molar-refractivity contribution in [3.05, 3.63) is 22.4 Å². The van der Waals surface area contributed by atoms with Gasteiger partial charge in [-0.15, -0.1) is 11.3 Å². The lowest BCUT2D eigenvalue weighted by Gasteiger charge is -2.11. The zero-order valence-corrected chi connectivity index (χ0v) is 10.2. The van der Waals surface area contributed by atoms with Crippen LogP contribution in [0.15, 0.2) is 22.7 Å². The van der Waals surface area contributed by atoms with Gasteiger partial charge in [0.05, 0.1) is 6.21 Å². The highest BCUT2D eigenvalue weighted by Gasteiger charge is 2.29. The van der Waals surface area contributed by atoms with Crippen LogP contribution in [0.4, 0.5) is 13.2 Å². The first-order valence-electron chi connectivity index (χ1n) is 4.95. The van der Waals surface area contributed by atoms with Crippen LogP contribution in [-0.4, -0.2) is 30.9 Å². The molecule has 0 fully saturated rings. The van der Waals surface area contributed by atoms with Crippen molar-refractivity contribution in [2.24, 2.45) is 5.16 Å². The molecule has 0 spiro atoms. The minimum Gasteiger partial charge on any atom is -0.383 e. The van der Waals surface area contributed by atoms with Crippen LogP contribution in [0.5, 0.6) is 0 Å². The molecule has 1 aromatic heterocycles. The minimum absolute atomic E-state index is 0.817. The fraction of sp³-hybridized carbons (Fsp3) is 0.400. The van der Waals surface area contributed by atoms with Crippen LogP contribution in [0, 0.1) is 0 Å². The Balaban J connectivity index is 2.32. The number of nitrogens with one attached hydrogen (secondary N) is 1. The molecule has 1 amide bonds. The summed E-state index contributed by atoms with van der Waals surface area (Å²) in [6.45, 7) is -0.0638. The number of oxime groups is 1. The van der Waals surface area contributed by atoms with E-state index < -0.39 is 24.7 Å². The fourth-order valence-corrected chi connectivity index (χ4v) is 1.49. The Morgan fingerprint density at radius 1 is 1.67 bits per heavy atom. The number of nitrogens with zero attached hydrogens (tertiary/aromatic N) is 1. The van der Waals surface area contributed by atoms with E-state index in [0.29, 0.717) is 0 Å². The molecule has 0 aliphatic heterocycles. The van der Waals surface area contributed by atoms with Gasteiger partial charge in [-0.3, -0.25) is 4.79 Å². The third-order valence-corrected chi connectivity index (χ3v) is 2.58. The van der Waals surface area contributed by atoms with E-state index in [1.807, 2.05) is 11.4 Å². The second-order valence-electron chi connectivity index (χ2n) is 3.33. The van der Waals surface area contributed by atoms with E-state index in [1.165, 1.54) is 24.5 Å². The maximum absolute atomic E-state index is 11.8. The molecule has 18 heavy (non-hydrogen) atoms. The molecule has 100 valence electrons. The molecular formula is C10H11F3N2O2S. The lowest BCUT2D eigenvalue weighted by atomic mass is 10.4. The maximum atomic E-state index is 11.8. The van der Waals surface area contributed by atoms with Gasteiger partial charge in [-0.05, 0) is 18.4 Å². The molecule has 0 saturated carbocycles. The summed E-state index contributed by atoms with van der Waals surface area (Å²) in [5.74, 6) is -0.865. The summed E-state index contributed by atoms with van der Waals surface area (Å²) in [6.07, 6.45) is -4.13. The monoisotopic (exact) mass is 280 g/mol. The number of halogens is 3. The van der Waals surface area contributed by atoms with Crippen LogP contribution >= 0.6 is 11.3 Å². The van der Waals surface area contributed by atoms with Gasteiger partial charge in [0.25, 0.3) is 5.91 Å². The van der Waals surface area contributed by atoms with E-state index in [4.69, 9.17) is 4.84 Å². The zero-order chi connectivity index (χ0) is 13.6. The Bertz CT molecular complexity index is 404. The van der Waals surface area contributed by atoms with Crippen molar-refractivity contribution in [2.45, 2.75) is 19.2 Å². The molecule has 8 heteroatoms. The smallest absolute Gasteiger partial charge is 0.383 e. The molecule has 0 saturated heterocycles. The Kier molecular flexibility index (Phi) is 5.14. The van der Waals surface area contributed by atoms with Gasteiger partial charge in [0.15, 0.2) is 0 Å². The van der Waals surface area contributed by atoms with Crippen LogP contribution in [0.2, 0.25) is 0 Å². The van der Waals surface area contributed by atoms with Gasteiger partial charge in [-0.1, -0.05) is 11.2 Å². The second-order valence-corrected chi connectivity index (χ2v) is 4.31.